The van der Waals surface area contributed by atoms with Gasteiger partial charge in [-0.2, -0.15) is 0 Å². The van der Waals surface area contributed by atoms with Crippen molar-refractivity contribution in [3.05, 3.63) is 23.8 Å². The lowest BCUT2D eigenvalue weighted by molar-refractivity contribution is -0.324. The van der Waals surface area contributed by atoms with Gasteiger partial charge in [0.2, 0.25) is 0 Å². The number of esters is 2. The molecule has 1 aliphatic heterocycles. The van der Waals surface area contributed by atoms with Gasteiger partial charge in [0.05, 0.1) is 11.7 Å². The van der Waals surface area contributed by atoms with Crippen molar-refractivity contribution in [1.82, 2.24) is 0 Å². The van der Waals surface area contributed by atoms with Crippen LogP contribution in [0.15, 0.2) is 23.8 Å². The molecule has 6 nitrogen and oxygen atoms in total. The van der Waals surface area contributed by atoms with Crippen molar-refractivity contribution in [1.29, 1.82) is 0 Å². The van der Waals surface area contributed by atoms with Crippen LogP contribution in [0, 0.1) is 34.0 Å². The average molecular weight is 489 g/mol. The second-order valence-electron chi connectivity index (χ2n) is 12.9. The lowest BCUT2D eigenvalue weighted by atomic mass is 9.33. The van der Waals surface area contributed by atoms with E-state index in [1.165, 1.54) is 13.0 Å². The van der Waals surface area contributed by atoms with Crippen LogP contribution in [0.1, 0.15) is 86.5 Å². The van der Waals surface area contributed by atoms with Crippen molar-refractivity contribution in [2.45, 2.75) is 104 Å². The van der Waals surface area contributed by atoms with Crippen molar-refractivity contribution >= 4 is 11.9 Å². The fraction of sp³-hybridized carbons (Fsp3) is 0.793. The number of cyclic esters (lactones) is 1. The number of hydrogen-bond donors (Lipinski definition) is 2. The number of aliphatic hydroxyl groups excluding tert-OH is 1. The number of rotatable bonds is 7. The van der Waals surface area contributed by atoms with E-state index in [1.807, 2.05) is 0 Å². The molecule has 2 bridgehead atoms. The highest BCUT2D eigenvalue weighted by atomic mass is 16.5. The monoisotopic (exact) mass is 488 g/mol. The third kappa shape index (κ3) is 4.09. The van der Waals surface area contributed by atoms with E-state index in [0.29, 0.717) is 31.6 Å². The molecule has 1 heterocycles. The molecule has 196 valence electrons. The first-order chi connectivity index (χ1) is 16.3. The summed E-state index contributed by atoms with van der Waals surface area (Å²) in [5.41, 5.74) is -2.14. The maximum Gasteiger partial charge on any atom is 0.331 e. The molecule has 4 aliphatic rings. The molecule has 0 saturated heterocycles. The van der Waals surface area contributed by atoms with Crippen molar-refractivity contribution in [2.75, 3.05) is 6.61 Å². The van der Waals surface area contributed by atoms with Gasteiger partial charge in [0.1, 0.15) is 12.7 Å². The Balaban J connectivity index is 1.89. The lowest BCUT2D eigenvalue weighted by Crippen LogP contribution is -2.78. The first-order valence-electron chi connectivity index (χ1n) is 13.4. The standard InChI is InChI=1S/C29H44O6/c1-18(2)7-8-21-10-13-27(6)16-22(35-19(3)30)25-26(4,5)12-11-23(31)29(21,25)28(27,33)14-9-20-15-24(32)34-17-20/h10,13,15,18,21-23,25,31,33H,7-9,11-12,14,16-17H2,1-6H3/t21-,22-,23-,25+,27+,28-,29+/m1/s1. The van der Waals surface area contributed by atoms with Crippen LogP contribution >= 0.6 is 0 Å². The molecule has 0 aromatic carbocycles. The summed E-state index contributed by atoms with van der Waals surface area (Å²) in [7, 11) is 0. The molecule has 0 radical (unpaired) electrons. The second-order valence-corrected chi connectivity index (χ2v) is 12.9. The first kappa shape index (κ1) is 26.4. The van der Waals surface area contributed by atoms with Crippen LogP contribution in [0.3, 0.4) is 0 Å². The third-order valence-corrected chi connectivity index (χ3v) is 9.84. The van der Waals surface area contributed by atoms with Gasteiger partial charge in [-0.3, -0.25) is 4.79 Å². The molecule has 2 fully saturated rings. The molecular weight excluding hydrogens is 444 g/mol. The van der Waals surface area contributed by atoms with Gasteiger partial charge in [0.25, 0.3) is 0 Å². The van der Waals surface area contributed by atoms with Crippen LogP contribution in [-0.4, -0.2) is 46.6 Å². The Morgan fingerprint density at radius 3 is 2.60 bits per heavy atom. The van der Waals surface area contributed by atoms with E-state index in [4.69, 9.17) is 9.47 Å². The molecule has 2 N–H and O–H groups in total. The molecular formula is C29H44O6. The maximum absolute atomic E-state index is 13.0. The number of fused-ring (bicyclic) bond motifs is 1. The van der Waals surface area contributed by atoms with Crippen LogP contribution in [0.2, 0.25) is 0 Å². The summed E-state index contributed by atoms with van der Waals surface area (Å²) in [6, 6.07) is 0. The number of allylic oxidation sites excluding steroid dienone is 1. The van der Waals surface area contributed by atoms with Gasteiger partial charge in [-0.15, -0.1) is 0 Å². The molecule has 0 amide bonds. The minimum absolute atomic E-state index is 0.0450. The van der Waals surface area contributed by atoms with E-state index in [-0.39, 0.29) is 41.9 Å². The summed E-state index contributed by atoms with van der Waals surface area (Å²) in [4.78, 5) is 24.0. The normalized spacial score (nSPS) is 41.9. The molecule has 6 heteroatoms. The summed E-state index contributed by atoms with van der Waals surface area (Å²) in [6.07, 6.45) is 9.52. The van der Waals surface area contributed by atoms with Crippen molar-refractivity contribution in [3.8, 4) is 0 Å². The Labute approximate surface area is 210 Å². The van der Waals surface area contributed by atoms with Crippen molar-refractivity contribution in [3.63, 3.8) is 0 Å². The van der Waals surface area contributed by atoms with Crippen LogP contribution < -0.4 is 0 Å². The Kier molecular flexibility index (Phi) is 6.81. The van der Waals surface area contributed by atoms with Gasteiger partial charge >= 0.3 is 11.9 Å². The zero-order valence-electron chi connectivity index (χ0n) is 22.3. The summed E-state index contributed by atoms with van der Waals surface area (Å²) in [5, 5.41) is 25.0. The SMILES string of the molecule is CC(=O)O[C@@H]1C[C@]2(C)C=C[C@@H](CCC(C)C)[C@@]3([C@H](O)CCC(C)(C)[C@H]13)[C@@]2(O)CCC1=CC(=O)OC1. The largest absolute Gasteiger partial charge is 0.462 e. The molecule has 7 atom stereocenters. The zero-order chi connectivity index (χ0) is 25.8. The summed E-state index contributed by atoms with van der Waals surface area (Å²) >= 11 is 0. The molecule has 0 aromatic heterocycles. The highest BCUT2D eigenvalue weighted by Crippen LogP contribution is 2.73. The molecule has 3 aliphatic carbocycles. The van der Waals surface area contributed by atoms with Crippen LogP contribution in [0.5, 0.6) is 0 Å². The number of carbonyl (C=O) groups excluding carboxylic acids is 2. The zero-order valence-corrected chi connectivity index (χ0v) is 22.3. The minimum atomic E-state index is -1.23. The third-order valence-electron chi connectivity index (χ3n) is 9.84. The molecule has 4 rings (SSSR count). The molecule has 1 spiro atoms. The highest BCUT2D eigenvalue weighted by Gasteiger charge is 2.76. The maximum atomic E-state index is 13.0. The minimum Gasteiger partial charge on any atom is -0.462 e. The molecule has 35 heavy (non-hydrogen) atoms. The van der Waals surface area contributed by atoms with Crippen molar-refractivity contribution < 1.29 is 29.3 Å². The molecule has 0 unspecified atom stereocenters. The number of carbonyl (C=O) groups is 2. The highest BCUT2D eigenvalue weighted by molar-refractivity contribution is 5.85. The van der Waals surface area contributed by atoms with E-state index < -0.39 is 22.5 Å². The molecule has 0 aromatic rings. The van der Waals surface area contributed by atoms with Crippen LogP contribution in [0.25, 0.3) is 0 Å². The number of ether oxygens (including phenoxy) is 2. The Morgan fingerprint density at radius 1 is 1.29 bits per heavy atom. The number of hydrogen-bond acceptors (Lipinski definition) is 6. The summed E-state index contributed by atoms with van der Waals surface area (Å²) in [6.45, 7) is 12.6. The van der Waals surface area contributed by atoms with Gasteiger partial charge in [-0.25, -0.2) is 4.79 Å². The fourth-order valence-corrected chi connectivity index (χ4v) is 8.35. The second kappa shape index (κ2) is 9.02. The van der Waals surface area contributed by atoms with Gasteiger partial charge in [0, 0.05) is 29.7 Å². The van der Waals surface area contributed by atoms with E-state index in [0.717, 1.165) is 24.8 Å². The van der Waals surface area contributed by atoms with E-state index in [1.54, 1.807) is 0 Å². The van der Waals surface area contributed by atoms with Gasteiger partial charge < -0.3 is 19.7 Å². The summed E-state index contributed by atoms with van der Waals surface area (Å²) < 4.78 is 11.2. The Morgan fingerprint density at radius 2 is 2.00 bits per heavy atom. The fourth-order valence-electron chi connectivity index (χ4n) is 8.35. The number of aliphatic hydroxyl groups is 2. The predicted octanol–water partition coefficient (Wildman–Crippen LogP) is 4.73. The van der Waals surface area contributed by atoms with E-state index in [9.17, 15) is 19.8 Å². The topological polar surface area (TPSA) is 93.1 Å². The van der Waals surface area contributed by atoms with Gasteiger partial charge in [-0.1, -0.05) is 53.2 Å². The molecule has 2 saturated carbocycles. The van der Waals surface area contributed by atoms with Gasteiger partial charge in [-0.05, 0) is 61.3 Å². The average Bonchev–Trinajstić information content (AvgIpc) is 3.16. The van der Waals surface area contributed by atoms with E-state index >= 15 is 0 Å². The quantitative estimate of drug-likeness (QED) is 0.398. The summed E-state index contributed by atoms with van der Waals surface area (Å²) in [5.74, 6) is -0.396. The van der Waals surface area contributed by atoms with Crippen molar-refractivity contribution in [2.24, 2.45) is 34.0 Å². The van der Waals surface area contributed by atoms with Gasteiger partial charge in [0.15, 0.2) is 0 Å². The Bertz CT molecular complexity index is 918. The lowest BCUT2D eigenvalue weighted by Gasteiger charge is -2.73. The van der Waals surface area contributed by atoms with E-state index in [2.05, 4.69) is 46.8 Å². The smallest absolute Gasteiger partial charge is 0.331 e. The van der Waals surface area contributed by atoms with Crippen LogP contribution in [-0.2, 0) is 19.1 Å². The predicted molar refractivity (Wildman–Crippen MR) is 133 cm³/mol. The Hall–Kier alpha value is -1.66. The first-order valence-corrected chi connectivity index (χ1v) is 13.4. The van der Waals surface area contributed by atoms with Crippen LogP contribution in [0.4, 0.5) is 0 Å².